The van der Waals surface area contributed by atoms with Crippen molar-refractivity contribution in [2.45, 2.75) is 26.8 Å². The van der Waals surface area contributed by atoms with Gasteiger partial charge < -0.3 is 5.73 Å². The van der Waals surface area contributed by atoms with Crippen LogP contribution < -0.4 is 5.73 Å². The molecule has 0 fully saturated rings. The third-order valence-electron chi connectivity index (χ3n) is 3.00. The normalized spacial score (nSPS) is 11.2. The van der Waals surface area contributed by atoms with E-state index in [1.54, 1.807) is 0 Å². The third kappa shape index (κ3) is 2.79. The zero-order valence-electron chi connectivity index (χ0n) is 11.4. The standard InChI is InChI=1S/C15H21N3/c1-11(2)8-12-4-6-13(7-5-12)15-14(9-16)10-18(3)17-15/h4-7,10-11H,8-9,16H2,1-3H3. The van der Waals surface area contributed by atoms with Crippen LogP contribution in [0.25, 0.3) is 11.3 Å². The quantitative estimate of drug-likeness (QED) is 0.897. The molecule has 0 atom stereocenters. The lowest BCUT2D eigenvalue weighted by Gasteiger charge is -2.06. The Morgan fingerprint density at radius 3 is 2.44 bits per heavy atom. The topological polar surface area (TPSA) is 43.8 Å². The van der Waals surface area contributed by atoms with Crippen LogP contribution in [0.5, 0.6) is 0 Å². The lowest BCUT2D eigenvalue weighted by Crippen LogP contribution is -1.97. The molecular weight excluding hydrogens is 222 g/mol. The molecule has 0 unspecified atom stereocenters. The minimum Gasteiger partial charge on any atom is -0.326 e. The molecule has 1 aromatic heterocycles. The molecule has 2 N–H and O–H groups in total. The molecule has 2 aromatic rings. The average Bonchev–Trinajstić information content (AvgIpc) is 2.71. The third-order valence-corrected chi connectivity index (χ3v) is 3.00. The summed E-state index contributed by atoms with van der Waals surface area (Å²) >= 11 is 0. The fraction of sp³-hybridized carbons (Fsp3) is 0.400. The summed E-state index contributed by atoms with van der Waals surface area (Å²) in [5.41, 5.74) is 10.3. The molecule has 0 saturated heterocycles. The smallest absolute Gasteiger partial charge is 0.0967 e. The molecule has 3 nitrogen and oxygen atoms in total. The molecular formula is C15H21N3. The first-order valence-electron chi connectivity index (χ1n) is 6.42. The first kappa shape index (κ1) is 12.8. The van der Waals surface area contributed by atoms with Crippen molar-refractivity contribution < 1.29 is 0 Å². The highest BCUT2D eigenvalue weighted by Gasteiger charge is 2.08. The highest BCUT2D eigenvalue weighted by Crippen LogP contribution is 2.22. The zero-order valence-corrected chi connectivity index (χ0v) is 11.4. The summed E-state index contributed by atoms with van der Waals surface area (Å²) in [5, 5.41) is 4.48. The molecule has 3 heteroatoms. The summed E-state index contributed by atoms with van der Waals surface area (Å²) in [5.74, 6) is 0.685. The van der Waals surface area contributed by atoms with Crippen LogP contribution in [0.3, 0.4) is 0 Å². The summed E-state index contributed by atoms with van der Waals surface area (Å²) in [6.07, 6.45) is 3.10. The maximum absolute atomic E-state index is 5.74. The number of nitrogens with zero attached hydrogens (tertiary/aromatic N) is 2. The fourth-order valence-electron chi connectivity index (χ4n) is 2.20. The monoisotopic (exact) mass is 243 g/mol. The molecule has 0 aliphatic carbocycles. The first-order valence-corrected chi connectivity index (χ1v) is 6.42. The van der Waals surface area contributed by atoms with E-state index in [9.17, 15) is 0 Å². The van der Waals surface area contributed by atoms with Gasteiger partial charge in [-0.1, -0.05) is 38.1 Å². The van der Waals surface area contributed by atoms with Gasteiger partial charge in [-0.2, -0.15) is 5.10 Å². The number of aromatic nitrogens is 2. The lowest BCUT2D eigenvalue weighted by atomic mass is 10.00. The summed E-state index contributed by atoms with van der Waals surface area (Å²) in [6.45, 7) is 5.00. The van der Waals surface area contributed by atoms with Crippen LogP contribution in [0.4, 0.5) is 0 Å². The van der Waals surface area contributed by atoms with E-state index in [0.29, 0.717) is 12.5 Å². The first-order chi connectivity index (χ1) is 8.60. The van der Waals surface area contributed by atoms with Crippen LogP contribution in [-0.4, -0.2) is 9.78 Å². The molecule has 96 valence electrons. The van der Waals surface area contributed by atoms with Crippen molar-refractivity contribution in [2.24, 2.45) is 18.7 Å². The summed E-state index contributed by atoms with van der Waals surface area (Å²) in [4.78, 5) is 0. The van der Waals surface area contributed by atoms with Crippen molar-refractivity contribution in [1.29, 1.82) is 0 Å². The number of hydrogen-bond donors (Lipinski definition) is 1. The molecule has 0 aliphatic rings. The Morgan fingerprint density at radius 2 is 1.89 bits per heavy atom. The molecule has 0 saturated carbocycles. The van der Waals surface area contributed by atoms with Crippen molar-refractivity contribution in [3.8, 4) is 11.3 Å². The van der Waals surface area contributed by atoms with Crippen LogP contribution in [0.15, 0.2) is 30.5 Å². The number of benzene rings is 1. The van der Waals surface area contributed by atoms with Crippen molar-refractivity contribution >= 4 is 0 Å². The number of aryl methyl sites for hydroxylation is 1. The van der Waals surface area contributed by atoms with E-state index >= 15 is 0 Å². The van der Waals surface area contributed by atoms with Crippen molar-refractivity contribution in [2.75, 3.05) is 0 Å². The minimum atomic E-state index is 0.525. The van der Waals surface area contributed by atoms with Gasteiger partial charge in [-0.3, -0.25) is 4.68 Å². The van der Waals surface area contributed by atoms with Crippen LogP contribution >= 0.6 is 0 Å². The van der Waals surface area contributed by atoms with Gasteiger partial charge in [0.25, 0.3) is 0 Å². The largest absolute Gasteiger partial charge is 0.326 e. The Balaban J connectivity index is 2.28. The van der Waals surface area contributed by atoms with Gasteiger partial charge in [0.05, 0.1) is 5.69 Å². The van der Waals surface area contributed by atoms with Gasteiger partial charge in [-0.15, -0.1) is 0 Å². The molecule has 1 aromatic carbocycles. The van der Waals surface area contributed by atoms with E-state index in [4.69, 9.17) is 5.73 Å². The van der Waals surface area contributed by atoms with Gasteiger partial charge in [-0.25, -0.2) is 0 Å². The highest BCUT2D eigenvalue weighted by molar-refractivity contribution is 5.63. The highest BCUT2D eigenvalue weighted by atomic mass is 15.3. The van der Waals surface area contributed by atoms with E-state index in [2.05, 4.69) is 43.2 Å². The van der Waals surface area contributed by atoms with Crippen LogP contribution in [0.1, 0.15) is 25.0 Å². The Hall–Kier alpha value is -1.61. The second-order valence-corrected chi connectivity index (χ2v) is 5.18. The molecule has 2 rings (SSSR count). The average molecular weight is 243 g/mol. The van der Waals surface area contributed by atoms with Gasteiger partial charge in [0.1, 0.15) is 0 Å². The van der Waals surface area contributed by atoms with Gasteiger partial charge in [0.15, 0.2) is 0 Å². The second kappa shape index (κ2) is 5.36. The Bertz CT molecular complexity index is 509. The van der Waals surface area contributed by atoms with E-state index < -0.39 is 0 Å². The number of nitrogens with two attached hydrogens (primary N) is 1. The fourth-order valence-corrected chi connectivity index (χ4v) is 2.20. The molecule has 0 amide bonds. The van der Waals surface area contributed by atoms with Gasteiger partial charge in [0, 0.05) is 30.9 Å². The van der Waals surface area contributed by atoms with Crippen LogP contribution in [0, 0.1) is 5.92 Å². The van der Waals surface area contributed by atoms with E-state index in [-0.39, 0.29) is 0 Å². The van der Waals surface area contributed by atoms with Gasteiger partial charge in [-0.05, 0) is 17.9 Å². The molecule has 0 radical (unpaired) electrons. The number of rotatable bonds is 4. The van der Waals surface area contributed by atoms with Crippen molar-refractivity contribution in [1.82, 2.24) is 9.78 Å². The molecule has 0 bridgehead atoms. The van der Waals surface area contributed by atoms with Gasteiger partial charge >= 0.3 is 0 Å². The molecule has 0 aliphatic heterocycles. The lowest BCUT2D eigenvalue weighted by molar-refractivity contribution is 0.647. The summed E-state index contributed by atoms with van der Waals surface area (Å²) in [7, 11) is 1.93. The molecule has 0 spiro atoms. The molecule has 1 heterocycles. The summed E-state index contributed by atoms with van der Waals surface area (Å²) in [6, 6.07) is 8.65. The van der Waals surface area contributed by atoms with E-state index in [1.807, 2.05) is 17.9 Å². The van der Waals surface area contributed by atoms with E-state index in [0.717, 1.165) is 23.2 Å². The SMILES string of the molecule is CC(C)Cc1ccc(-c2nn(C)cc2CN)cc1. The predicted octanol–water partition coefficient (Wildman–Crippen LogP) is 2.74. The second-order valence-electron chi connectivity index (χ2n) is 5.18. The van der Waals surface area contributed by atoms with Crippen molar-refractivity contribution in [3.63, 3.8) is 0 Å². The van der Waals surface area contributed by atoms with Crippen LogP contribution in [0.2, 0.25) is 0 Å². The Morgan fingerprint density at radius 1 is 1.22 bits per heavy atom. The maximum atomic E-state index is 5.74. The minimum absolute atomic E-state index is 0.525. The zero-order chi connectivity index (χ0) is 13.1. The Kier molecular flexibility index (Phi) is 3.82. The predicted molar refractivity (Wildman–Crippen MR) is 75.1 cm³/mol. The van der Waals surface area contributed by atoms with Crippen molar-refractivity contribution in [3.05, 3.63) is 41.6 Å². The summed E-state index contributed by atoms with van der Waals surface area (Å²) < 4.78 is 1.82. The Labute approximate surface area is 109 Å². The number of hydrogen-bond acceptors (Lipinski definition) is 2. The van der Waals surface area contributed by atoms with Gasteiger partial charge in [0.2, 0.25) is 0 Å². The van der Waals surface area contributed by atoms with E-state index in [1.165, 1.54) is 5.56 Å². The molecule has 18 heavy (non-hydrogen) atoms. The maximum Gasteiger partial charge on any atom is 0.0967 e. The van der Waals surface area contributed by atoms with Crippen LogP contribution in [-0.2, 0) is 20.0 Å².